The van der Waals surface area contributed by atoms with Gasteiger partial charge in [-0.15, -0.1) is 0 Å². The predicted molar refractivity (Wildman–Crippen MR) is 48.3 cm³/mol. The Balaban J connectivity index is 4.09. The van der Waals surface area contributed by atoms with Crippen LogP contribution in [0, 0.1) is 11.3 Å². The molecule has 0 saturated carbocycles. The Morgan fingerprint density at radius 2 is 1.82 bits per heavy atom. The SMILES string of the molecule is CCC(CN)C(O)C(C)(C)C. The van der Waals surface area contributed by atoms with Crippen molar-refractivity contribution in [1.29, 1.82) is 0 Å². The third-order valence-corrected chi connectivity index (χ3v) is 2.16. The van der Waals surface area contributed by atoms with Gasteiger partial charge >= 0.3 is 0 Å². The van der Waals surface area contributed by atoms with Gasteiger partial charge in [0, 0.05) is 0 Å². The molecule has 0 saturated heterocycles. The molecule has 0 aliphatic rings. The molecular weight excluding hydrogens is 138 g/mol. The molecule has 0 amide bonds. The minimum atomic E-state index is -0.280. The Kier molecular flexibility index (Phi) is 4.04. The van der Waals surface area contributed by atoms with Crippen molar-refractivity contribution in [3.63, 3.8) is 0 Å². The second-order valence-corrected chi connectivity index (χ2v) is 4.21. The topological polar surface area (TPSA) is 46.2 Å². The maximum atomic E-state index is 9.77. The number of nitrogens with two attached hydrogens (primary N) is 1. The zero-order chi connectivity index (χ0) is 9.07. The molecule has 0 rings (SSSR count). The van der Waals surface area contributed by atoms with Gasteiger partial charge in [-0.2, -0.15) is 0 Å². The summed E-state index contributed by atoms with van der Waals surface area (Å²) >= 11 is 0. The van der Waals surface area contributed by atoms with E-state index in [1.807, 2.05) is 20.8 Å². The van der Waals surface area contributed by atoms with E-state index >= 15 is 0 Å². The molecule has 2 nitrogen and oxygen atoms in total. The van der Waals surface area contributed by atoms with Crippen LogP contribution in [0.1, 0.15) is 34.1 Å². The summed E-state index contributed by atoms with van der Waals surface area (Å²) in [6.45, 7) is 8.75. The first-order valence-electron chi connectivity index (χ1n) is 4.31. The maximum Gasteiger partial charge on any atom is 0.0628 e. The molecular formula is C9H21NO. The summed E-state index contributed by atoms with van der Waals surface area (Å²) < 4.78 is 0. The largest absolute Gasteiger partial charge is 0.392 e. The summed E-state index contributed by atoms with van der Waals surface area (Å²) in [5, 5.41) is 9.77. The van der Waals surface area contributed by atoms with Gasteiger partial charge < -0.3 is 10.8 Å². The van der Waals surface area contributed by atoms with Crippen LogP contribution >= 0.6 is 0 Å². The van der Waals surface area contributed by atoms with Gasteiger partial charge in [0.15, 0.2) is 0 Å². The van der Waals surface area contributed by atoms with Crippen LogP contribution in [0.5, 0.6) is 0 Å². The average molecular weight is 159 g/mol. The van der Waals surface area contributed by atoms with Gasteiger partial charge in [-0.1, -0.05) is 27.7 Å². The molecule has 11 heavy (non-hydrogen) atoms. The molecule has 2 heteroatoms. The molecule has 0 aliphatic heterocycles. The second kappa shape index (κ2) is 4.07. The van der Waals surface area contributed by atoms with Crippen molar-refractivity contribution in [1.82, 2.24) is 0 Å². The molecule has 0 aromatic heterocycles. The van der Waals surface area contributed by atoms with Crippen molar-refractivity contribution >= 4 is 0 Å². The summed E-state index contributed by atoms with van der Waals surface area (Å²) in [4.78, 5) is 0. The van der Waals surface area contributed by atoms with E-state index in [-0.39, 0.29) is 17.4 Å². The Labute approximate surface area is 69.8 Å². The fourth-order valence-corrected chi connectivity index (χ4v) is 1.23. The van der Waals surface area contributed by atoms with Crippen LogP contribution in [-0.2, 0) is 0 Å². The number of hydrogen-bond acceptors (Lipinski definition) is 2. The molecule has 68 valence electrons. The van der Waals surface area contributed by atoms with Crippen molar-refractivity contribution in [2.45, 2.75) is 40.2 Å². The number of aliphatic hydroxyl groups is 1. The van der Waals surface area contributed by atoms with E-state index in [0.717, 1.165) is 6.42 Å². The Morgan fingerprint density at radius 1 is 1.36 bits per heavy atom. The monoisotopic (exact) mass is 159 g/mol. The normalized spacial score (nSPS) is 18.0. The number of aliphatic hydroxyl groups excluding tert-OH is 1. The number of hydrogen-bond donors (Lipinski definition) is 2. The molecule has 0 bridgehead atoms. The molecule has 0 heterocycles. The van der Waals surface area contributed by atoms with Gasteiger partial charge in [0.25, 0.3) is 0 Å². The minimum absolute atomic E-state index is 0.0416. The lowest BCUT2D eigenvalue weighted by atomic mass is 9.80. The quantitative estimate of drug-likeness (QED) is 0.653. The third kappa shape index (κ3) is 3.21. The first-order chi connectivity index (χ1) is 4.93. The van der Waals surface area contributed by atoms with Crippen LogP contribution in [0.25, 0.3) is 0 Å². The average Bonchev–Trinajstić information content (AvgIpc) is 1.88. The van der Waals surface area contributed by atoms with E-state index < -0.39 is 0 Å². The van der Waals surface area contributed by atoms with Crippen molar-refractivity contribution in [2.75, 3.05) is 6.54 Å². The first kappa shape index (κ1) is 10.9. The summed E-state index contributed by atoms with van der Waals surface area (Å²) in [5.41, 5.74) is 5.48. The van der Waals surface area contributed by atoms with E-state index in [9.17, 15) is 5.11 Å². The molecule has 0 radical (unpaired) electrons. The molecule has 0 fully saturated rings. The zero-order valence-corrected chi connectivity index (χ0v) is 8.09. The smallest absolute Gasteiger partial charge is 0.0628 e. The maximum absolute atomic E-state index is 9.77. The Morgan fingerprint density at radius 3 is 1.91 bits per heavy atom. The van der Waals surface area contributed by atoms with Gasteiger partial charge in [0.2, 0.25) is 0 Å². The van der Waals surface area contributed by atoms with Crippen molar-refractivity contribution in [3.8, 4) is 0 Å². The van der Waals surface area contributed by atoms with Gasteiger partial charge in [-0.05, 0) is 24.3 Å². The fraction of sp³-hybridized carbons (Fsp3) is 1.00. The van der Waals surface area contributed by atoms with Crippen molar-refractivity contribution in [2.24, 2.45) is 17.1 Å². The third-order valence-electron chi connectivity index (χ3n) is 2.16. The second-order valence-electron chi connectivity index (χ2n) is 4.21. The van der Waals surface area contributed by atoms with Crippen LogP contribution in [0.4, 0.5) is 0 Å². The van der Waals surface area contributed by atoms with E-state index in [1.165, 1.54) is 0 Å². The van der Waals surface area contributed by atoms with Crippen LogP contribution < -0.4 is 5.73 Å². The summed E-state index contributed by atoms with van der Waals surface area (Å²) in [6, 6.07) is 0. The predicted octanol–water partition coefficient (Wildman–Crippen LogP) is 1.38. The summed E-state index contributed by atoms with van der Waals surface area (Å²) in [7, 11) is 0. The first-order valence-corrected chi connectivity index (χ1v) is 4.31. The Bertz CT molecular complexity index is 103. The fourth-order valence-electron chi connectivity index (χ4n) is 1.23. The minimum Gasteiger partial charge on any atom is -0.392 e. The Hall–Kier alpha value is -0.0800. The highest BCUT2D eigenvalue weighted by atomic mass is 16.3. The van der Waals surface area contributed by atoms with Crippen molar-refractivity contribution < 1.29 is 5.11 Å². The van der Waals surface area contributed by atoms with Crippen LogP contribution in [0.3, 0.4) is 0 Å². The molecule has 0 spiro atoms. The van der Waals surface area contributed by atoms with Gasteiger partial charge in [-0.25, -0.2) is 0 Å². The van der Waals surface area contributed by atoms with E-state index in [0.29, 0.717) is 6.54 Å². The van der Waals surface area contributed by atoms with Gasteiger partial charge in [-0.3, -0.25) is 0 Å². The molecule has 3 N–H and O–H groups in total. The highest BCUT2D eigenvalue weighted by Gasteiger charge is 2.28. The highest BCUT2D eigenvalue weighted by molar-refractivity contribution is 4.79. The molecule has 2 atom stereocenters. The highest BCUT2D eigenvalue weighted by Crippen LogP contribution is 2.26. The van der Waals surface area contributed by atoms with E-state index in [4.69, 9.17) is 5.73 Å². The lowest BCUT2D eigenvalue weighted by Gasteiger charge is -2.31. The number of rotatable bonds is 3. The molecule has 0 aromatic rings. The molecule has 0 aliphatic carbocycles. The lowest BCUT2D eigenvalue weighted by molar-refractivity contribution is 0.0134. The molecule has 2 unspecified atom stereocenters. The summed E-state index contributed by atoms with van der Waals surface area (Å²) in [5.74, 6) is 0.245. The summed E-state index contributed by atoms with van der Waals surface area (Å²) in [6.07, 6.45) is 0.673. The van der Waals surface area contributed by atoms with Crippen molar-refractivity contribution in [3.05, 3.63) is 0 Å². The van der Waals surface area contributed by atoms with Crippen LogP contribution in [0.2, 0.25) is 0 Å². The molecule has 0 aromatic carbocycles. The van der Waals surface area contributed by atoms with Crippen LogP contribution in [0.15, 0.2) is 0 Å². The van der Waals surface area contributed by atoms with E-state index in [2.05, 4.69) is 6.92 Å². The van der Waals surface area contributed by atoms with Gasteiger partial charge in [0.05, 0.1) is 6.10 Å². The van der Waals surface area contributed by atoms with E-state index in [1.54, 1.807) is 0 Å². The van der Waals surface area contributed by atoms with Crippen LogP contribution in [-0.4, -0.2) is 17.8 Å². The standard InChI is InChI=1S/C9H21NO/c1-5-7(6-10)8(11)9(2,3)4/h7-8,11H,5-6,10H2,1-4H3. The van der Waals surface area contributed by atoms with Gasteiger partial charge in [0.1, 0.15) is 0 Å². The lowest BCUT2D eigenvalue weighted by Crippen LogP contribution is -2.37. The zero-order valence-electron chi connectivity index (χ0n) is 8.09.